The average molecular weight is 567 g/mol. The van der Waals surface area contributed by atoms with E-state index in [1.165, 1.54) is 6.07 Å². The molecule has 0 unspecified atom stereocenters. The summed E-state index contributed by atoms with van der Waals surface area (Å²) in [4.78, 5) is 30.7. The summed E-state index contributed by atoms with van der Waals surface area (Å²) in [6, 6.07) is 6.59. The molecule has 1 aliphatic rings. The zero-order valence-corrected chi connectivity index (χ0v) is 23.2. The van der Waals surface area contributed by atoms with Crippen LogP contribution >= 0.6 is 23.2 Å². The van der Waals surface area contributed by atoms with Gasteiger partial charge in [0, 0.05) is 44.8 Å². The van der Waals surface area contributed by atoms with Crippen LogP contribution in [-0.4, -0.2) is 45.4 Å². The van der Waals surface area contributed by atoms with Gasteiger partial charge in [0.2, 0.25) is 5.95 Å². The van der Waals surface area contributed by atoms with Gasteiger partial charge in [0.25, 0.3) is 5.92 Å². The number of halogens is 4. The molecular formula is C27H30Cl2F2N4O3. The van der Waals surface area contributed by atoms with Crippen LogP contribution in [0.1, 0.15) is 56.0 Å². The van der Waals surface area contributed by atoms with Crippen LogP contribution in [0.3, 0.4) is 0 Å². The van der Waals surface area contributed by atoms with Crippen molar-refractivity contribution in [2.75, 3.05) is 23.3 Å². The number of ketones is 1. The second-order valence-electron chi connectivity index (χ2n) is 10.7. The fourth-order valence-corrected chi connectivity index (χ4v) is 5.04. The van der Waals surface area contributed by atoms with E-state index in [-0.39, 0.29) is 37.3 Å². The van der Waals surface area contributed by atoms with Crippen molar-refractivity contribution in [3.05, 3.63) is 45.4 Å². The van der Waals surface area contributed by atoms with E-state index in [1.807, 2.05) is 20.8 Å². The molecule has 2 N–H and O–H groups in total. The van der Waals surface area contributed by atoms with Crippen molar-refractivity contribution in [2.45, 2.75) is 52.4 Å². The van der Waals surface area contributed by atoms with Crippen LogP contribution in [0.5, 0.6) is 0 Å². The van der Waals surface area contributed by atoms with E-state index in [9.17, 15) is 23.5 Å². The number of imidazole rings is 1. The van der Waals surface area contributed by atoms with E-state index >= 15 is 0 Å². The molecule has 1 saturated heterocycles. The second-order valence-corrected chi connectivity index (χ2v) is 11.5. The molecular weight excluding hydrogens is 537 g/mol. The number of nitrogens with zero attached hydrogens (tertiary/aromatic N) is 3. The topological polar surface area (TPSA) is 87.5 Å². The minimum absolute atomic E-state index is 0.00561. The first-order valence-electron chi connectivity index (χ1n) is 12.3. The Labute approximate surface area is 229 Å². The zero-order valence-electron chi connectivity index (χ0n) is 21.7. The maximum atomic E-state index is 13.7. The molecule has 38 heavy (non-hydrogen) atoms. The van der Waals surface area contributed by atoms with Gasteiger partial charge >= 0.3 is 5.97 Å². The number of piperidine rings is 1. The molecule has 0 amide bonds. The van der Waals surface area contributed by atoms with Crippen molar-refractivity contribution in [2.24, 2.45) is 12.5 Å². The van der Waals surface area contributed by atoms with Gasteiger partial charge in [0.05, 0.1) is 38.0 Å². The minimum atomic E-state index is -2.75. The first kappa shape index (κ1) is 28.1. The molecule has 2 aromatic carbocycles. The number of benzene rings is 2. The Morgan fingerprint density at radius 1 is 1.16 bits per heavy atom. The first-order valence-corrected chi connectivity index (χ1v) is 13.1. The maximum Gasteiger partial charge on any atom is 0.337 e. The van der Waals surface area contributed by atoms with Gasteiger partial charge in [-0.3, -0.25) is 4.79 Å². The van der Waals surface area contributed by atoms with Gasteiger partial charge in [-0.1, -0.05) is 50.0 Å². The third-order valence-corrected chi connectivity index (χ3v) is 7.68. The number of hydrogen-bond acceptors (Lipinski definition) is 5. The number of Topliss-reactive ketones (excluding diaryl/α,β-unsaturated/α-hetero) is 1. The second kappa shape index (κ2) is 10.3. The number of alkyl halides is 2. The number of fused-ring (bicyclic) bond motifs is 1. The van der Waals surface area contributed by atoms with Gasteiger partial charge in [-0.05, 0) is 30.2 Å². The number of carbonyl (C=O) groups excluding carboxylic acids is 1. The number of aromatic carboxylic acids is 1. The summed E-state index contributed by atoms with van der Waals surface area (Å²) in [5.74, 6) is -3.43. The molecule has 0 atom stereocenters. The number of carbonyl (C=O) groups is 2. The molecule has 0 aliphatic carbocycles. The van der Waals surface area contributed by atoms with E-state index in [2.05, 4.69) is 10.3 Å². The smallest absolute Gasteiger partial charge is 0.337 e. The van der Waals surface area contributed by atoms with Crippen LogP contribution in [0, 0.1) is 5.41 Å². The highest BCUT2D eigenvalue weighted by atomic mass is 35.5. The third kappa shape index (κ3) is 5.73. The number of anilines is 3. The lowest BCUT2D eigenvalue weighted by molar-refractivity contribution is -0.126. The van der Waals surface area contributed by atoms with E-state index in [0.717, 1.165) is 5.56 Å². The number of rotatable bonds is 7. The molecule has 0 spiro atoms. The number of hydrogen-bond donors (Lipinski definition) is 2. The van der Waals surface area contributed by atoms with Crippen molar-refractivity contribution in [3.63, 3.8) is 0 Å². The summed E-state index contributed by atoms with van der Waals surface area (Å²) >= 11 is 13.1. The van der Waals surface area contributed by atoms with Crippen molar-refractivity contribution in [1.29, 1.82) is 0 Å². The molecule has 4 rings (SSSR count). The van der Waals surface area contributed by atoms with E-state index in [4.69, 9.17) is 23.2 Å². The Morgan fingerprint density at radius 2 is 1.82 bits per heavy atom. The first-order chi connectivity index (χ1) is 17.7. The van der Waals surface area contributed by atoms with Gasteiger partial charge in [-0.25, -0.2) is 18.6 Å². The standard InChI is InChI=1S/C27H30Cl2F2N4O3/c1-26(2,3)21(36)8-6-15-5-7-17(28)23(22(15)29)33-25-32-18-13-16(24(37)38)19(14-20(18)34(25)4)35-11-9-27(30,31)10-12-35/h5,7,13-14H,6,8-12H2,1-4H3,(H,32,33)(H,37,38). The normalized spacial score (nSPS) is 15.6. The number of aromatic nitrogens is 2. The zero-order chi connectivity index (χ0) is 28.0. The van der Waals surface area contributed by atoms with Crippen LogP contribution in [0.25, 0.3) is 11.0 Å². The number of aryl methyl sites for hydroxylation is 2. The predicted octanol–water partition coefficient (Wildman–Crippen LogP) is 7.11. The molecule has 11 heteroatoms. The molecule has 0 saturated carbocycles. The lowest BCUT2D eigenvalue weighted by Gasteiger charge is -2.34. The molecule has 0 bridgehead atoms. The predicted molar refractivity (Wildman–Crippen MR) is 147 cm³/mol. The molecule has 2 heterocycles. The summed E-state index contributed by atoms with van der Waals surface area (Å²) in [7, 11) is 1.75. The summed E-state index contributed by atoms with van der Waals surface area (Å²) in [6.45, 7) is 5.73. The quantitative estimate of drug-likeness (QED) is 0.317. The van der Waals surface area contributed by atoms with E-state index in [1.54, 1.807) is 34.7 Å². The Kier molecular flexibility index (Phi) is 7.65. The van der Waals surface area contributed by atoms with Gasteiger partial charge in [0.1, 0.15) is 5.78 Å². The number of carboxylic acids is 1. The van der Waals surface area contributed by atoms with Gasteiger partial charge in [0.15, 0.2) is 0 Å². The summed E-state index contributed by atoms with van der Waals surface area (Å²) in [5, 5.41) is 13.7. The molecule has 1 aliphatic heterocycles. The molecule has 3 aromatic rings. The Balaban J connectivity index is 1.67. The van der Waals surface area contributed by atoms with Crippen molar-refractivity contribution in [3.8, 4) is 0 Å². The van der Waals surface area contributed by atoms with Gasteiger partial charge in [-0.2, -0.15) is 0 Å². The summed E-state index contributed by atoms with van der Waals surface area (Å²) in [5.41, 5.74) is 2.12. The third-order valence-electron chi connectivity index (χ3n) is 6.93. The Hall–Kier alpha value is -2.91. The maximum absolute atomic E-state index is 13.7. The van der Waals surface area contributed by atoms with E-state index in [0.29, 0.717) is 51.2 Å². The van der Waals surface area contributed by atoms with Crippen molar-refractivity contribution in [1.82, 2.24) is 9.55 Å². The monoisotopic (exact) mass is 566 g/mol. The van der Waals surface area contributed by atoms with Crippen LogP contribution < -0.4 is 10.2 Å². The number of nitrogens with one attached hydrogen (secondary N) is 1. The highest BCUT2D eigenvalue weighted by molar-refractivity contribution is 6.39. The highest BCUT2D eigenvalue weighted by Crippen LogP contribution is 2.38. The summed E-state index contributed by atoms with van der Waals surface area (Å²) in [6.07, 6.45) is 0.108. The molecule has 1 aromatic heterocycles. The minimum Gasteiger partial charge on any atom is -0.478 e. The Bertz CT molecular complexity index is 1410. The van der Waals surface area contributed by atoms with Crippen LogP contribution in [0.15, 0.2) is 24.3 Å². The highest BCUT2D eigenvalue weighted by Gasteiger charge is 2.35. The Morgan fingerprint density at radius 3 is 2.42 bits per heavy atom. The summed E-state index contributed by atoms with van der Waals surface area (Å²) < 4.78 is 29.1. The van der Waals surface area contributed by atoms with Crippen molar-refractivity contribution < 1.29 is 23.5 Å². The molecule has 204 valence electrons. The molecule has 7 nitrogen and oxygen atoms in total. The lowest BCUT2D eigenvalue weighted by Crippen LogP contribution is -2.40. The van der Waals surface area contributed by atoms with E-state index < -0.39 is 17.3 Å². The molecule has 0 radical (unpaired) electrons. The number of carboxylic acid groups (broad SMARTS) is 1. The fourth-order valence-electron chi connectivity index (χ4n) is 4.48. The van der Waals surface area contributed by atoms with Gasteiger partial charge < -0.3 is 19.9 Å². The van der Waals surface area contributed by atoms with Crippen LogP contribution in [0.2, 0.25) is 10.0 Å². The fraction of sp³-hybridized carbons (Fsp3) is 0.444. The van der Waals surface area contributed by atoms with Gasteiger partial charge in [-0.15, -0.1) is 0 Å². The van der Waals surface area contributed by atoms with Crippen LogP contribution in [0.4, 0.5) is 26.1 Å². The average Bonchev–Trinajstić information content (AvgIpc) is 3.14. The van der Waals surface area contributed by atoms with Crippen molar-refractivity contribution >= 4 is 63.3 Å². The largest absolute Gasteiger partial charge is 0.478 e. The SMILES string of the molecule is Cn1c(Nc2c(Cl)ccc(CCC(=O)C(C)(C)C)c2Cl)nc2cc(C(=O)O)c(N3CCC(F)(F)CC3)cc21. The van der Waals surface area contributed by atoms with Crippen LogP contribution in [-0.2, 0) is 18.3 Å². The lowest BCUT2D eigenvalue weighted by atomic mass is 9.87. The molecule has 1 fully saturated rings.